The first-order chi connectivity index (χ1) is 10.6. The Kier molecular flexibility index (Phi) is 5.65. The van der Waals surface area contributed by atoms with E-state index in [1.807, 2.05) is 24.3 Å². The predicted octanol–water partition coefficient (Wildman–Crippen LogP) is 0.404. The summed E-state index contributed by atoms with van der Waals surface area (Å²) >= 11 is 0. The van der Waals surface area contributed by atoms with Gasteiger partial charge in [0.05, 0.1) is 5.92 Å². The minimum atomic E-state index is -0.994. The Labute approximate surface area is 130 Å². The number of methoxy groups -OCH3 is 2. The largest absolute Gasteiger partial charge is 0.399 e. The quantitative estimate of drug-likeness (QED) is 0.449. The molecule has 1 aliphatic heterocycles. The predicted molar refractivity (Wildman–Crippen MR) is 82.2 cm³/mol. The molecule has 0 aromatic heterocycles. The minimum absolute atomic E-state index is 0.0559. The van der Waals surface area contributed by atoms with Crippen molar-refractivity contribution in [2.45, 2.75) is 12.7 Å². The van der Waals surface area contributed by atoms with Crippen molar-refractivity contribution in [1.29, 1.82) is 0 Å². The fourth-order valence-corrected chi connectivity index (χ4v) is 2.73. The van der Waals surface area contributed by atoms with Crippen LogP contribution in [0.15, 0.2) is 24.3 Å². The number of benzene rings is 1. The van der Waals surface area contributed by atoms with E-state index >= 15 is 0 Å². The second-order valence-electron chi connectivity index (χ2n) is 5.46. The highest BCUT2D eigenvalue weighted by molar-refractivity contribution is 6.05. The molecule has 0 spiro atoms. The molecule has 1 saturated heterocycles. The van der Waals surface area contributed by atoms with Gasteiger partial charge in [-0.25, -0.2) is 0 Å². The number of nitrogen functional groups attached to an aromatic ring is 1. The molecule has 120 valence electrons. The van der Waals surface area contributed by atoms with Crippen LogP contribution in [0.2, 0.25) is 0 Å². The van der Waals surface area contributed by atoms with E-state index < -0.39 is 12.2 Å². The monoisotopic (exact) mass is 306 g/mol. The molecule has 6 heteroatoms. The zero-order valence-electron chi connectivity index (χ0n) is 12.9. The molecule has 0 aliphatic carbocycles. The molecule has 2 rings (SSSR count). The van der Waals surface area contributed by atoms with Gasteiger partial charge in [0.1, 0.15) is 5.78 Å². The van der Waals surface area contributed by atoms with Crippen molar-refractivity contribution in [3.8, 4) is 0 Å². The number of Topliss-reactive ketones (excluding diaryl/α,β-unsaturated/α-hetero) is 2. The van der Waals surface area contributed by atoms with Crippen molar-refractivity contribution >= 4 is 17.3 Å². The lowest BCUT2D eigenvalue weighted by Gasteiger charge is -2.29. The Balaban J connectivity index is 2.06. The Bertz CT molecular complexity index is 525. The molecule has 2 unspecified atom stereocenters. The molecule has 1 aliphatic rings. The van der Waals surface area contributed by atoms with Crippen LogP contribution in [0.5, 0.6) is 0 Å². The molecule has 1 aromatic rings. The number of rotatable bonds is 6. The number of piperidine rings is 1. The van der Waals surface area contributed by atoms with Gasteiger partial charge in [-0.05, 0) is 24.1 Å². The van der Waals surface area contributed by atoms with Crippen LogP contribution < -0.4 is 11.1 Å². The first kappa shape index (κ1) is 16.6. The molecule has 0 bridgehead atoms. The Morgan fingerprint density at radius 1 is 1.27 bits per heavy atom. The third-order valence-electron chi connectivity index (χ3n) is 3.95. The minimum Gasteiger partial charge on any atom is -0.399 e. The highest BCUT2D eigenvalue weighted by atomic mass is 16.7. The van der Waals surface area contributed by atoms with Crippen molar-refractivity contribution in [2.24, 2.45) is 11.8 Å². The number of hydrogen-bond acceptors (Lipinski definition) is 6. The topological polar surface area (TPSA) is 90.7 Å². The van der Waals surface area contributed by atoms with Gasteiger partial charge in [0.25, 0.3) is 0 Å². The molecular formula is C16H22N2O4. The van der Waals surface area contributed by atoms with E-state index in [1.165, 1.54) is 14.2 Å². The maximum absolute atomic E-state index is 12.6. The van der Waals surface area contributed by atoms with Crippen molar-refractivity contribution in [2.75, 3.05) is 33.0 Å². The summed E-state index contributed by atoms with van der Waals surface area (Å²) in [6, 6.07) is 7.43. The molecule has 2 atom stereocenters. The summed E-state index contributed by atoms with van der Waals surface area (Å²) in [4.78, 5) is 24.9. The Hall–Kier alpha value is -1.76. The number of ketones is 2. The lowest BCUT2D eigenvalue weighted by Crippen LogP contribution is -2.50. The van der Waals surface area contributed by atoms with Crippen LogP contribution in [0.25, 0.3) is 0 Å². The first-order valence-corrected chi connectivity index (χ1v) is 7.25. The summed E-state index contributed by atoms with van der Waals surface area (Å²) in [5, 5.41) is 3.15. The van der Waals surface area contributed by atoms with Crippen LogP contribution in [-0.4, -0.2) is 45.2 Å². The van der Waals surface area contributed by atoms with Gasteiger partial charge < -0.3 is 20.5 Å². The highest BCUT2D eigenvalue weighted by Gasteiger charge is 2.38. The second-order valence-corrected chi connectivity index (χ2v) is 5.46. The van der Waals surface area contributed by atoms with Crippen molar-refractivity contribution in [3.05, 3.63) is 29.8 Å². The van der Waals surface area contributed by atoms with Gasteiger partial charge in [0, 0.05) is 38.9 Å². The molecule has 1 fully saturated rings. The lowest BCUT2D eigenvalue weighted by molar-refractivity contribution is -0.164. The summed E-state index contributed by atoms with van der Waals surface area (Å²) in [5.74, 6) is -1.35. The number of ether oxygens (including phenoxy) is 2. The smallest absolute Gasteiger partial charge is 0.218 e. The number of anilines is 1. The van der Waals surface area contributed by atoms with Gasteiger partial charge in [-0.2, -0.15) is 0 Å². The van der Waals surface area contributed by atoms with Crippen molar-refractivity contribution in [1.82, 2.24) is 5.32 Å². The third kappa shape index (κ3) is 3.71. The summed E-state index contributed by atoms with van der Waals surface area (Å²) in [7, 11) is 2.78. The summed E-state index contributed by atoms with van der Waals surface area (Å²) < 4.78 is 9.93. The van der Waals surface area contributed by atoms with Crippen LogP contribution in [0.1, 0.15) is 5.56 Å². The number of hydrogen-bond donors (Lipinski definition) is 2. The normalized spacial score (nSPS) is 22.0. The Morgan fingerprint density at radius 2 is 1.91 bits per heavy atom. The molecule has 3 N–H and O–H groups in total. The van der Waals surface area contributed by atoms with E-state index in [0.29, 0.717) is 25.2 Å². The molecule has 0 saturated carbocycles. The average Bonchev–Trinajstić information content (AvgIpc) is 2.52. The standard InChI is InChI=1S/C16H22N2O4/c1-21-16(22-2)15(20)13-9-18-8-11(14(13)19)7-10-3-5-12(17)6-4-10/h3-6,11,13,16,18H,7-9,17H2,1-2H3. The van der Waals surface area contributed by atoms with Crippen LogP contribution >= 0.6 is 0 Å². The van der Waals surface area contributed by atoms with E-state index in [0.717, 1.165) is 5.56 Å². The fourth-order valence-electron chi connectivity index (χ4n) is 2.73. The molecule has 0 radical (unpaired) electrons. The summed E-state index contributed by atoms with van der Waals surface area (Å²) in [6.45, 7) is 0.900. The molecule has 1 heterocycles. The van der Waals surface area contributed by atoms with Crippen molar-refractivity contribution < 1.29 is 19.1 Å². The van der Waals surface area contributed by atoms with E-state index in [1.54, 1.807) is 0 Å². The molecule has 1 aromatic carbocycles. The van der Waals surface area contributed by atoms with Gasteiger partial charge in [-0.1, -0.05) is 12.1 Å². The van der Waals surface area contributed by atoms with Crippen LogP contribution in [0.4, 0.5) is 5.69 Å². The number of carbonyl (C=O) groups excluding carboxylic acids is 2. The van der Waals surface area contributed by atoms with E-state index in [-0.39, 0.29) is 17.5 Å². The van der Waals surface area contributed by atoms with Gasteiger partial charge in [0.2, 0.25) is 6.29 Å². The Morgan fingerprint density at radius 3 is 2.50 bits per heavy atom. The summed E-state index contributed by atoms with van der Waals surface area (Å²) in [5.41, 5.74) is 7.37. The second kappa shape index (κ2) is 7.49. The van der Waals surface area contributed by atoms with E-state index in [2.05, 4.69) is 5.32 Å². The molecule has 22 heavy (non-hydrogen) atoms. The molecular weight excluding hydrogens is 284 g/mol. The fraction of sp³-hybridized carbons (Fsp3) is 0.500. The van der Waals surface area contributed by atoms with Gasteiger partial charge >= 0.3 is 0 Å². The molecule has 0 amide bonds. The maximum Gasteiger partial charge on any atom is 0.218 e. The van der Waals surface area contributed by atoms with E-state index in [9.17, 15) is 9.59 Å². The van der Waals surface area contributed by atoms with E-state index in [4.69, 9.17) is 15.2 Å². The van der Waals surface area contributed by atoms with Gasteiger partial charge in [-0.3, -0.25) is 9.59 Å². The van der Waals surface area contributed by atoms with Crippen LogP contribution in [0, 0.1) is 11.8 Å². The van der Waals surface area contributed by atoms with Gasteiger partial charge in [-0.15, -0.1) is 0 Å². The average molecular weight is 306 g/mol. The summed E-state index contributed by atoms with van der Waals surface area (Å²) in [6.07, 6.45) is -0.411. The van der Waals surface area contributed by atoms with Crippen LogP contribution in [-0.2, 0) is 25.5 Å². The zero-order valence-corrected chi connectivity index (χ0v) is 12.9. The third-order valence-corrected chi connectivity index (χ3v) is 3.95. The molecule has 6 nitrogen and oxygen atoms in total. The highest BCUT2D eigenvalue weighted by Crippen LogP contribution is 2.20. The maximum atomic E-state index is 12.6. The number of carbonyl (C=O) groups is 2. The van der Waals surface area contributed by atoms with Crippen molar-refractivity contribution in [3.63, 3.8) is 0 Å². The lowest BCUT2D eigenvalue weighted by atomic mass is 9.82. The number of nitrogens with two attached hydrogens (primary N) is 1. The SMILES string of the molecule is COC(OC)C(=O)C1CNCC(Cc2ccc(N)cc2)C1=O. The van der Waals surface area contributed by atoms with Crippen LogP contribution in [0.3, 0.4) is 0 Å². The van der Waals surface area contributed by atoms with Gasteiger partial charge in [0.15, 0.2) is 5.78 Å². The first-order valence-electron chi connectivity index (χ1n) is 7.25. The zero-order chi connectivity index (χ0) is 16.1. The number of nitrogens with one attached hydrogen (secondary N) is 1.